The van der Waals surface area contributed by atoms with Crippen LogP contribution in [0.4, 0.5) is 0 Å². The van der Waals surface area contributed by atoms with E-state index in [4.69, 9.17) is 9.52 Å². The molecule has 0 unspecified atom stereocenters. The highest BCUT2D eigenvalue weighted by atomic mass is 16.4. The van der Waals surface area contributed by atoms with Crippen LogP contribution in [0.5, 0.6) is 0 Å². The van der Waals surface area contributed by atoms with Crippen LogP contribution in [0.3, 0.4) is 0 Å². The highest BCUT2D eigenvalue weighted by molar-refractivity contribution is 5.91. The zero-order chi connectivity index (χ0) is 14.7. The van der Waals surface area contributed by atoms with Gasteiger partial charge in [-0.15, -0.1) is 0 Å². The van der Waals surface area contributed by atoms with Gasteiger partial charge in [0.1, 0.15) is 5.58 Å². The Balaban J connectivity index is 2.15. The number of likely N-dealkylation sites (N-methyl/N-ethyl adjacent to an activating group) is 2. The number of nitrogens with zero attached hydrogens (tertiary/aromatic N) is 1. The maximum atomic E-state index is 11.3. The van der Waals surface area contributed by atoms with E-state index in [0.29, 0.717) is 18.7 Å². The fourth-order valence-corrected chi connectivity index (χ4v) is 1.99. The summed E-state index contributed by atoms with van der Waals surface area (Å²) in [4.78, 5) is 24.0. The Kier molecular flexibility index (Phi) is 4.05. The standard InChI is InChI=1S/C14H16N2O4/c1-15-13(17)8-16(2)7-9-3-4-11-10(5-9)6-12(20-11)14(18)19/h3-6H,7-8H2,1-2H3,(H,15,17)(H,18,19). The van der Waals surface area contributed by atoms with E-state index < -0.39 is 5.97 Å². The summed E-state index contributed by atoms with van der Waals surface area (Å²) in [5.74, 6) is -1.21. The maximum absolute atomic E-state index is 11.3. The third-order valence-electron chi connectivity index (χ3n) is 2.94. The van der Waals surface area contributed by atoms with Crippen molar-refractivity contribution >= 4 is 22.8 Å². The van der Waals surface area contributed by atoms with Gasteiger partial charge in [-0.25, -0.2) is 4.79 Å². The van der Waals surface area contributed by atoms with Crippen LogP contribution < -0.4 is 5.32 Å². The number of amides is 1. The van der Waals surface area contributed by atoms with E-state index in [9.17, 15) is 9.59 Å². The first kappa shape index (κ1) is 14.1. The van der Waals surface area contributed by atoms with Crippen LogP contribution in [0.1, 0.15) is 16.1 Å². The van der Waals surface area contributed by atoms with E-state index >= 15 is 0 Å². The Labute approximate surface area is 116 Å². The second kappa shape index (κ2) is 5.75. The average molecular weight is 276 g/mol. The average Bonchev–Trinajstić information content (AvgIpc) is 2.81. The molecule has 1 heterocycles. The normalized spacial score (nSPS) is 10.9. The van der Waals surface area contributed by atoms with Gasteiger partial charge in [0.2, 0.25) is 11.7 Å². The minimum Gasteiger partial charge on any atom is -0.475 e. The second-order valence-corrected chi connectivity index (χ2v) is 4.63. The predicted octanol–water partition coefficient (Wildman–Crippen LogP) is 1.31. The fraction of sp³-hybridized carbons (Fsp3) is 0.286. The number of fused-ring (bicyclic) bond motifs is 1. The molecular weight excluding hydrogens is 260 g/mol. The van der Waals surface area contributed by atoms with Crippen LogP contribution in [-0.2, 0) is 11.3 Å². The van der Waals surface area contributed by atoms with Crippen LogP contribution in [0.2, 0.25) is 0 Å². The molecule has 2 rings (SSSR count). The lowest BCUT2D eigenvalue weighted by molar-refractivity contribution is -0.121. The molecule has 2 aromatic rings. The topological polar surface area (TPSA) is 82.8 Å². The van der Waals surface area contributed by atoms with Crippen molar-refractivity contribution < 1.29 is 19.1 Å². The van der Waals surface area contributed by atoms with Crippen LogP contribution in [0.25, 0.3) is 11.0 Å². The van der Waals surface area contributed by atoms with E-state index in [1.54, 1.807) is 13.1 Å². The summed E-state index contributed by atoms with van der Waals surface area (Å²) in [6.07, 6.45) is 0. The molecule has 106 valence electrons. The Morgan fingerprint density at radius 2 is 2.10 bits per heavy atom. The molecule has 0 fully saturated rings. The summed E-state index contributed by atoms with van der Waals surface area (Å²) in [6.45, 7) is 0.900. The second-order valence-electron chi connectivity index (χ2n) is 4.63. The lowest BCUT2D eigenvalue weighted by Gasteiger charge is -2.15. The minimum atomic E-state index is -1.08. The number of carboxylic acids is 1. The smallest absolute Gasteiger partial charge is 0.371 e. The van der Waals surface area contributed by atoms with E-state index in [-0.39, 0.29) is 11.7 Å². The van der Waals surface area contributed by atoms with E-state index in [0.717, 1.165) is 10.9 Å². The highest BCUT2D eigenvalue weighted by Gasteiger charge is 2.11. The van der Waals surface area contributed by atoms with Crippen molar-refractivity contribution in [1.82, 2.24) is 10.2 Å². The molecule has 0 aliphatic rings. The third kappa shape index (κ3) is 3.16. The van der Waals surface area contributed by atoms with Gasteiger partial charge in [-0.1, -0.05) is 6.07 Å². The van der Waals surface area contributed by atoms with Gasteiger partial charge in [-0.05, 0) is 30.8 Å². The number of hydrogen-bond donors (Lipinski definition) is 2. The molecule has 20 heavy (non-hydrogen) atoms. The number of furan rings is 1. The molecule has 6 nitrogen and oxygen atoms in total. The van der Waals surface area contributed by atoms with Gasteiger partial charge < -0.3 is 14.8 Å². The van der Waals surface area contributed by atoms with Gasteiger partial charge in [0.15, 0.2) is 0 Å². The minimum absolute atomic E-state index is 0.0509. The van der Waals surface area contributed by atoms with E-state index in [1.807, 2.05) is 24.1 Å². The van der Waals surface area contributed by atoms with Gasteiger partial charge in [0.05, 0.1) is 6.54 Å². The first-order valence-electron chi connectivity index (χ1n) is 6.14. The molecule has 0 aliphatic heterocycles. The Morgan fingerprint density at radius 1 is 1.35 bits per heavy atom. The van der Waals surface area contributed by atoms with Gasteiger partial charge >= 0.3 is 5.97 Å². The molecule has 0 atom stereocenters. The summed E-state index contributed by atoms with van der Waals surface area (Å²) >= 11 is 0. The Hall–Kier alpha value is -2.34. The number of hydrogen-bond acceptors (Lipinski definition) is 4. The van der Waals surface area contributed by atoms with Gasteiger partial charge in [-0.3, -0.25) is 9.69 Å². The molecule has 0 saturated carbocycles. The molecule has 0 aliphatic carbocycles. The highest BCUT2D eigenvalue weighted by Crippen LogP contribution is 2.21. The SMILES string of the molecule is CNC(=O)CN(C)Cc1ccc2oc(C(=O)O)cc2c1. The molecular formula is C14H16N2O4. The predicted molar refractivity (Wildman–Crippen MR) is 73.6 cm³/mol. The summed E-state index contributed by atoms with van der Waals surface area (Å²) in [5.41, 5.74) is 1.53. The first-order chi connectivity index (χ1) is 9.49. The van der Waals surface area contributed by atoms with E-state index in [1.165, 1.54) is 6.07 Å². The number of rotatable bonds is 5. The van der Waals surface area contributed by atoms with Crippen LogP contribution in [0, 0.1) is 0 Å². The number of carbonyl (C=O) groups is 2. The molecule has 1 aromatic heterocycles. The monoisotopic (exact) mass is 276 g/mol. The van der Waals surface area contributed by atoms with Gasteiger partial charge in [0.25, 0.3) is 0 Å². The zero-order valence-corrected chi connectivity index (χ0v) is 11.3. The third-order valence-corrected chi connectivity index (χ3v) is 2.94. The summed E-state index contributed by atoms with van der Waals surface area (Å²) < 4.78 is 5.19. The summed E-state index contributed by atoms with van der Waals surface area (Å²) in [5, 5.41) is 12.2. The summed E-state index contributed by atoms with van der Waals surface area (Å²) in [6, 6.07) is 6.97. The number of aromatic carboxylic acids is 1. The van der Waals surface area contributed by atoms with Crippen molar-refractivity contribution in [3.63, 3.8) is 0 Å². The number of carbonyl (C=O) groups excluding carboxylic acids is 1. The molecule has 6 heteroatoms. The first-order valence-corrected chi connectivity index (χ1v) is 6.14. The molecule has 1 amide bonds. The number of carboxylic acid groups (broad SMARTS) is 1. The van der Waals surface area contributed by atoms with Crippen LogP contribution in [-0.4, -0.2) is 42.5 Å². The molecule has 1 aromatic carbocycles. The fourth-order valence-electron chi connectivity index (χ4n) is 1.99. The number of nitrogens with one attached hydrogen (secondary N) is 1. The van der Waals surface area contributed by atoms with Crippen molar-refractivity contribution in [3.8, 4) is 0 Å². The quantitative estimate of drug-likeness (QED) is 0.860. The lowest BCUT2D eigenvalue weighted by atomic mass is 10.1. The molecule has 0 radical (unpaired) electrons. The summed E-state index contributed by atoms with van der Waals surface area (Å²) in [7, 11) is 3.44. The van der Waals surface area contributed by atoms with Crippen molar-refractivity contribution in [3.05, 3.63) is 35.6 Å². The zero-order valence-electron chi connectivity index (χ0n) is 11.3. The van der Waals surface area contributed by atoms with Crippen molar-refractivity contribution in [2.45, 2.75) is 6.54 Å². The van der Waals surface area contributed by atoms with Crippen molar-refractivity contribution in [2.75, 3.05) is 20.6 Å². The largest absolute Gasteiger partial charge is 0.475 e. The molecule has 0 bridgehead atoms. The Morgan fingerprint density at radius 3 is 2.75 bits per heavy atom. The van der Waals surface area contributed by atoms with Crippen LogP contribution >= 0.6 is 0 Å². The van der Waals surface area contributed by atoms with Gasteiger partial charge in [0, 0.05) is 19.0 Å². The lowest BCUT2D eigenvalue weighted by Crippen LogP contribution is -2.32. The molecule has 0 spiro atoms. The van der Waals surface area contributed by atoms with Crippen molar-refractivity contribution in [2.24, 2.45) is 0 Å². The molecule has 2 N–H and O–H groups in total. The maximum Gasteiger partial charge on any atom is 0.371 e. The van der Waals surface area contributed by atoms with Crippen LogP contribution in [0.15, 0.2) is 28.7 Å². The van der Waals surface area contributed by atoms with Crippen molar-refractivity contribution in [1.29, 1.82) is 0 Å². The van der Waals surface area contributed by atoms with Gasteiger partial charge in [-0.2, -0.15) is 0 Å². The number of benzene rings is 1. The van der Waals surface area contributed by atoms with E-state index in [2.05, 4.69) is 5.32 Å². The molecule has 0 saturated heterocycles. The Bertz CT molecular complexity index is 648.